The summed E-state index contributed by atoms with van der Waals surface area (Å²) in [7, 11) is 0. The topological polar surface area (TPSA) is 26.0 Å². The predicted octanol–water partition coefficient (Wildman–Crippen LogP) is 1.09. The molecule has 1 nitrogen and oxygen atoms in total. The number of halogens is 1. The van der Waals surface area contributed by atoms with Crippen molar-refractivity contribution < 1.29 is 0 Å². The summed E-state index contributed by atoms with van der Waals surface area (Å²) >= 11 is 0. The van der Waals surface area contributed by atoms with Gasteiger partial charge in [0.1, 0.15) is 0 Å². The summed E-state index contributed by atoms with van der Waals surface area (Å²) in [4.78, 5) is 0. The lowest BCUT2D eigenvalue weighted by Crippen LogP contribution is -2.11. The van der Waals surface area contributed by atoms with Crippen LogP contribution in [0.4, 0.5) is 0 Å². The molecule has 0 aromatic heterocycles. The van der Waals surface area contributed by atoms with E-state index in [1.54, 1.807) is 0 Å². The maximum absolute atomic E-state index is 5.45. The van der Waals surface area contributed by atoms with Crippen molar-refractivity contribution in [1.29, 1.82) is 0 Å². The lowest BCUT2D eigenvalue weighted by Gasteiger charge is -1.90. The number of nitrogens with two attached hydrogens (primary N) is 1. The van der Waals surface area contributed by atoms with E-state index in [1.807, 2.05) is 0 Å². The van der Waals surface area contributed by atoms with Crippen LogP contribution in [0.15, 0.2) is 12.2 Å². The Morgan fingerprint density at radius 2 is 2.29 bits per heavy atom. The van der Waals surface area contributed by atoms with Gasteiger partial charge in [-0.05, 0) is 12.8 Å². The molecular formula is C5H10ClN. The fourth-order valence-electron chi connectivity index (χ4n) is 0.656. The largest absolute Gasteiger partial charge is 0.324 e. The quantitative estimate of drug-likeness (QED) is 0.475. The van der Waals surface area contributed by atoms with Crippen molar-refractivity contribution in [1.82, 2.24) is 0 Å². The molecule has 1 rings (SSSR count). The van der Waals surface area contributed by atoms with Gasteiger partial charge in [-0.15, -0.1) is 12.4 Å². The highest BCUT2D eigenvalue weighted by molar-refractivity contribution is 5.85. The van der Waals surface area contributed by atoms with Crippen LogP contribution in [-0.4, -0.2) is 6.04 Å². The molecular weight excluding hydrogens is 110 g/mol. The van der Waals surface area contributed by atoms with Crippen molar-refractivity contribution >= 4 is 12.4 Å². The predicted molar refractivity (Wildman–Crippen MR) is 33.6 cm³/mol. The third-order valence-corrected chi connectivity index (χ3v) is 1.05. The molecule has 2 heteroatoms. The smallest absolute Gasteiger partial charge is 0.0226 e. The summed E-state index contributed by atoms with van der Waals surface area (Å²) in [5.41, 5.74) is 5.45. The second-order valence-corrected chi connectivity index (χ2v) is 1.67. The van der Waals surface area contributed by atoms with Crippen molar-refractivity contribution in [2.24, 2.45) is 5.73 Å². The average molecular weight is 120 g/mol. The molecule has 1 aliphatic rings. The zero-order chi connectivity index (χ0) is 4.41. The highest BCUT2D eigenvalue weighted by Crippen LogP contribution is 2.04. The van der Waals surface area contributed by atoms with Crippen molar-refractivity contribution in [3.05, 3.63) is 12.2 Å². The van der Waals surface area contributed by atoms with Crippen molar-refractivity contribution in [2.45, 2.75) is 18.9 Å². The van der Waals surface area contributed by atoms with Crippen LogP contribution in [0.2, 0.25) is 0 Å². The van der Waals surface area contributed by atoms with Gasteiger partial charge in [-0.1, -0.05) is 12.2 Å². The van der Waals surface area contributed by atoms with Crippen molar-refractivity contribution in [3.63, 3.8) is 0 Å². The first-order valence-electron chi connectivity index (χ1n) is 2.32. The van der Waals surface area contributed by atoms with Crippen LogP contribution in [0.5, 0.6) is 0 Å². The Labute approximate surface area is 50.0 Å². The minimum Gasteiger partial charge on any atom is -0.324 e. The molecule has 0 aromatic rings. The van der Waals surface area contributed by atoms with E-state index in [0.29, 0.717) is 6.04 Å². The van der Waals surface area contributed by atoms with Gasteiger partial charge < -0.3 is 5.73 Å². The Balaban J connectivity index is 0.000000360. The number of rotatable bonds is 0. The maximum Gasteiger partial charge on any atom is 0.0226 e. The minimum absolute atomic E-state index is 0. The lowest BCUT2D eigenvalue weighted by molar-refractivity contribution is 0.780. The zero-order valence-corrected chi connectivity index (χ0v) is 4.95. The molecule has 0 bridgehead atoms. The van der Waals surface area contributed by atoms with Crippen molar-refractivity contribution in [3.8, 4) is 0 Å². The van der Waals surface area contributed by atoms with Crippen LogP contribution in [0.1, 0.15) is 12.8 Å². The Bertz CT molecular complexity index is 70.5. The monoisotopic (exact) mass is 119 g/mol. The Morgan fingerprint density at radius 3 is 2.43 bits per heavy atom. The molecule has 0 saturated heterocycles. The third kappa shape index (κ3) is 1.95. The molecule has 0 aromatic carbocycles. The molecule has 0 saturated carbocycles. The minimum atomic E-state index is 0. The molecule has 7 heavy (non-hydrogen) atoms. The van der Waals surface area contributed by atoms with Crippen LogP contribution in [0.25, 0.3) is 0 Å². The van der Waals surface area contributed by atoms with Gasteiger partial charge in [-0.25, -0.2) is 0 Å². The van der Waals surface area contributed by atoms with Crippen molar-refractivity contribution in [2.75, 3.05) is 0 Å². The van der Waals surface area contributed by atoms with E-state index in [1.165, 1.54) is 6.42 Å². The van der Waals surface area contributed by atoms with Gasteiger partial charge in [0.05, 0.1) is 0 Å². The van der Waals surface area contributed by atoms with E-state index in [-0.39, 0.29) is 12.4 Å². The normalized spacial score (nSPS) is 27.3. The molecule has 0 amide bonds. The first-order valence-corrected chi connectivity index (χ1v) is 2.32. The Morgan fingerprint density at radius 1 is 1.57 bits per heavy atom. The first-order chi connectivity index (χ1) is 2.89. The SMILES string of the molecule is Cl.N[C@@H]1C=CCC1. The fraction of sp³-hybridized carbons (Fsp3) is 0.600. The summed E-state index contributed by atoms with van der Waals surface area (Å²) in [5, 5.41) is 0. The second-order valence-electron chi connectivity index (χ2n) is 1.67. The summed E-state index contributed by atoms with van der Waals surface area (Å²) in [6.45, 7) is 0. The van der Waals surface area contributed by atoms with Gasteiger partial charge in [-0.3, -0.25) is 0 Å². The lowest BCUT2D eigenvalue weighted by atomic mass is 10.3. The molecule has 0 radical (unpaired) electrons. The Hall–Kier alpha value is -0.0100. The van der Waals surface area contributed by atoms with E-state index >= 15 is 0 Å². The highest BCUT2D eigenvalue weighted by Gasteiger charge is 1.99. The van der Waals surface area contributed by atoms with E-state index in [2.05, 4.69) is 12.2 Å². The molecule has 0 fully saturated rings. The molecule has 0 aliphatic heterocycles. The van der Waals surface area contributed by atoms with Gasteiger partial charge >= 0.3 is 0 Å². The fourth-order valence-corrected chi connectivity index (χ4v) is 0.656. The number of allylic oxidation sites excluding steroid dienone is 1. The third-order valence-electron chi connectivity index (χ3n) is 1.05. The molecule has 0 unspecified atom stereocenters. The summed E-state index contributed by atoms with van der Waals surface area (Å²) < 4.78 is 0. The van der Waals surface area contributed by atoms with Gasteiger partial charge in [-0.2, -0.15) is 0 Å². The van der Waals surface area contributed by atoms with Gasteiger partial charge in [0.2, 0.25) is 0 Å². The van der Waals surface area contributed by atoms with Gasteiger partial charge in [0.25, 0.3) is 0 Å². The van der Waals surface area contributed by atoms with Gasteiger partial charge in [0, 0.05) is 6.04 Å². The number of hydrogen-bond acceptors (Lipinski definition) is 1. The molecule has 0 heterocycles. The summed E-state index contributed by atoms with van der Waals surface area (Å²) in [6, 6.07) is 0.366. The average Bonchev–Trinajstić information content (AvgIpc) is 1.86. The van der Waals surface area contributed by atoms with Gasteiger partial charge in [0.15, 0.2) is 0 Å². The molecule has 42 valence electrons. The van der Waals surface area contributed by atoms with E-state index in [9.17, 15) is 0 Å². The molecule has 1 aliphatic carbocycles. The summed E-state index contributed by atoms with van der Waals surface area (Å²) in [5.74, 6) is 0. The Kier molecular flexibility index (Phi) is 3.05. The van der Waals surface area contributed by atoms with Crippen LogP contribution < -0.4 is 5.73 Å². The maximum atomic E-state index is 5.45. The zero-order valence-electron chi connectivity index (χ0n) is 4.13. The van der Waals surface area contributed by atoms with Crippen LogP contribution in [0.3, 0.4) is 0 Å². The molecule has 2 N–H and O–H groups in total. The number of hydrogen-bond donors (Lipinski definition) is 1. The van der Waals surface area contributed by atoms with E-state index < -0.39 is 0 Å². The summed E-state index contributed by atoms with van der Waals surface area (Å²) in [6.07, 6.45) is 6.52. The van der Waals surface area contributed by atoms with E-state index in [0.717, 1.165) is 6.42 Å². The van der Waals surface area contributed by atoms with E-state index in [4.69, 9.17) is 5.73 Å². The highest BCUT2D eigenvalue weighted by atomic mass is 35.5. The van der Waals surface area contributed by atoms with Crippen LogP contribution in [-0.2, 0) is 0 Å². The van der Waals surface area contributed by atoms with Crippen LogP contribution >= 0.6 is 12.4 Å². The molecule has 1 atom stereocenters. The van der Waals surface area contributed by atoms with Crippen LogP contribution in [0, 0.1) is 0 Å². The molecule has 0 spiro atoms. The standard InChI is InChI=1S/C5H9N.ClH/c6-5-3-1-2-4-5;/h1,3,5H,2,4,6H2;1H/t5-;/m1./s1. The first kappa shape index (κ1) is 6.99. The second kappa shape index (κ2) is 3.05.